The Morgan fingerprint density at radius 2 is 1.23 bits per heavy atom. The van der Waals surface area contributed by atoms with Crippen LogP contribution in [-0.2, 0) is 6.42 Å². The van der Waals surface area contributed by atoms with Crippen molar-refractivity contribution >= 4 is 71.1 Å². The number of para-hydroxylation sites is 1. The van der Waals surface area contributed by atoms with Gasteiger partial charge in [-0.15, -0.1) is 0 Å². The maximum atomic E-state index is 9.24. The van der Waals surface area contributed by atoms with Gasteiger partial charge in [-0.05, 0) is 107 Å². The molecular formula is C43H26O. The van der Waals surface area contributed by atoms with E-state index in [-0.39, 0.29) is 0 Å². The molecular weight excluding hydrogens is 532 g/mol. The van der Waals surface area contributed by atoms with Crippen LogP contribution in [0.1, 0.15) is 13.9 Å². The van der Waals surface area contributed by atoms with Crippen molar-refractivity contribution in [3.05, 3.63) is 151 Å². The van der Waals surface area contributed by atoms with E-state index in [0.29, 0.717) is 28.6 Å². The summed E-state index contributed by atoms with van der Waals surface area (Å²) in [6, 6.07) is 43.4. The van der Waals surface area contributed by atoms with Crippen LogP contribution < -0.4 is 0 Å². The van der Waals surface area contributed by atoms with Gasteiger partial charge in [0.2, 0.25) is 0 Å². The molecule has 8 aromatic carbocycles. The van der Waals surface area contributed by atoms with Gasteiger partial charge in [0, 0.05) is 10.8 Å². The molecule has 0 radical (unpaired) electrons. The molecule has 0 unspecified atom stereocenters. The van der Waals surface area contributed by atoms with E-state index in [0.717, 1.165) is 33.7 Å². The Morgan fingerprint density at radius 1 is 0.523 bits per heavy atom. The first kappa shape index (κ1) is 22.0. The number of furan rings is 1. The van der Waals surface area contributed by atoms with E-state index in [9.17, 15) is 1.37 Å². The third-order valence-electron chi connectivity index (χ3n) is 9.41. The van der Waals surface area contributed by atoms with Crippen molar-refractivity contribution in [1.82, 2.24) is 0 Å². The van der Waals surface area contributed by atoms with Crippen LogP contribution in [-0.4, -0.2) is 0 Å². The lowest BCUT2D eigenvalue weighted by Gasteiger charge is -2.21. The number of rotatable bonds is 2. The summed E-state index contributed by atoms with van der Waals surface area (Å²) in [5, 5.41) is 10.4. The molecule has 204 valence electrons. The average Bonchev–Trinajstić information content (AvgIpc) is 3.50. The Morgan fingerprint density at radius 3 is 2.02 bits per heavy atom. The standard InChI is InChI=1S/C43H26O/c1-3-15-35-33(13-1)42(29-20-19-28-24-38-31-12-5-6-18-39(31)44-40(38)25-30(28)23-29)34-14-2-4-16-36(34)43(35)37-22-21-27-10-7-9-26-11-8-17-32(37)41(26)27/h1-8,10-25H,9H2/i24D,25D. The fourth-order valence-electron chi connectivity index (χ4n) is 7.51. The van der Waals surface area contributed by atoms with Gasteiger partial charge in [0.15, 0.2) is 0 Å². The molecule has 1 aromatic heterocycles. The molecule has 1 aliphatic rings. The van der Waals surface area contributed by atoms with Gasteiger partial charge in [0.1, 0.15) is 11.2 Å². The summed E-state index contributed by atoms with van der Waals surface area (Å²) in [5.74, 6) is 0. The van der Waals surface area contributed by atoms with Crippen molar-refractivity contribution in [3.8, 4) is 22.3 Å². The van der Waals surface area contributed by atoms with E-state index in [1.54, 1.807) is 0 Å². The Kier molecular flexibility index (Phi) is 4.45. The predicted molar refractivity (Wildman–Crippen MR) is 187 cm³/mol. The van der Waals surface area contributed by atoms with Crippen LogP contribution in [0.4, 0.5) is 0 Å². The molecule has 44 heavy (non-hydrogen) atoms. The summed E-state index contributed by atoms with van der Waals surface area (Å²) < 4.78 is 24.6. The van der Waals surface area contributed by atoms with Crippen LogP contribution in [0.3, 0.4) is 0 Å². The number of hydrogen-bond donors (Lipinski definition) is 0. The average molecular weight is 561 g/mol. The quantitative estimate of drug-likeness (QED) is 0.192. The zero-order valence-electron chi connectivity index (χ0n) is 25.8. The number of benzene rings is 8. The monoisotopic (exact) mass is 560 g/mol. The summed E-state index contributed by atoms with van der Waals surface area (Å²) in [4.78, 5) is 0. The third kappa shape index (κ3) is 3.30. The molecule has 10 rings (SSSR count). The second kappa shape index (κ2) is 8.92. The molecule has 0 bridgehead atoms. The highest BCUT2D eigenvalue weighted by atomic mass is 16.3. The maximum Gasteiger partial charge on any atom is 0.136 e. The zero-order valence-corrected chi connectivity index (χ0v) is 23.8. The van der Waals surface area contributed by atoms with Crippen molar-refractivity contribution < 1.29 is 7.16 Å². The smallest absolute Gasteiger partial charge is 0.136 e. The van der Waals surface area contributed by atoms with Crippen LogP contribution in [0.5, 0.6) is 0 Å². The van der Waals surface area contributed by atoms with Crippen LogP contribution in [0.25, 0.3) is 93.4 Å². The van der Waals surface area contributed by atoms with Crippen molar-refractivity contribution in [1.29, 1.82) is 0 Å². The van der Waals surface area contributed by atoms with Crippen LogP contribution in [0, 0.1) is 0 Å². The molecule has 0 N–H and O–H groups in total. The SMILES string of the molecule is [2H]c1c2cc(-c3c4ccccc4c(-c4ccc5c6c(cccc46)CC=C5)c4ccccc34)ccc2c([2H])c2c1oc1ccccc12. The van der Waals surface area contributed by atoms with Gasteiger partial charge in [0.05, 0.1) is 2.74 Å². The van der Waals surface area contributed by atoms with Gasteiger partial charge in [-0.2, -0.15) is 0 Å². The molecule has 1 heterocycles. The van der Waals surface area contributed by atoms with Gasteiger partial charge in [-0.1, -0.05) is 121 Å². The minimum absolute atomic E-state index is 0.321. The lowest BCUT2D eigenvalue weighted by Crippen LogP contribution is -1.96. The highest BCUT2D eigenvalue weighted by molar-refractivity contribution is 6.24. The summed E-state index contributed by atoms with van der Waals surface area (Å²) >= 11 is 0. The normalized spacial score (nSPS) is 13.5. The zero-order chi connectivity index (χ0) is 30.5. The first-order valence-electron chi connectivity index (χ1n) is 16.2. The van der Waals surface area contributed by atoms with Gasteiger partial charge in [-0.25, -0.2) is 0 Å². The van der Waals surface area contributed by atoms with E-state index >= 15 is 0 Å². The molecule has 0 saturated carbocycles. The highest BCUT2D eigenvalue weighted by Crippen LogP contribution is 2.47. The predicted octanol–water partition coefficient (Wildman–Crippen LogP) is 12.1. The minimum Gasteiger partial charge on any atom is -0.456 e. The van der Waals surface area contributed by atoms with Gasteiger partial charge < -0.3 is 4.42 Å². The topological polar surface area (TPSA) is 13.1 Å². The number of hydrogen-bond acceptors (Lipinski definition) is 1. The molecule has 0 aliphatic heterocycles. The third-order valence-corrected chi connectivity index (χ3v) is 9.41. The Bertz CT molecular complexity index is 2740. The molecule has 0 spiro atoms. The van der Waals surface area contributed by atoms with Gasteiger partial charge in [-0.3, -0.25) is 0 Å². The summed E-state index contributed by atoms with van der Waals surface area (Å²) in [6.07, 6.45) is 5.46. The molecule has 1 heteroatoms. The van der Waals surface area contributed by atoms with Gasteiger partial charge >= 0.3 is 0 Å². The van der Waals surface area contributed by atoms with Crippen molar-refractivity contribution in [2.45, 2.75) is 6.42 Å². The van der Waals surface area contributed by atoms with Gasteiger partial charge in [0.25, 0.3) is 0 Å². The highest BCUT2D eigenvalue weighted by Gasteiger charge is 2.20. The number of allylic oxidation sites excluding steroid dienone is 1. The summed E-state index contributed by atoms with van der Waals surface area (Å²) in [6.45, 7) is 0. The summed E-state index contributed by atoms with van der Waals surface area (Å²) in [7, 11) is 0. The van der Waals surface area contributed by atoms with Crippen molar-refractivity contribution in [2.24, 2.45) is 0 Å². The molecule has 0 fully saturated rings. The molecule has 0 saturated heterocycles. The first-order chi connectivity index (χ1) is 22.7. The Labute approximate surface area is 257 Å². The van der Waals surface area contributed by atoms with E-state index in [1.807, 2.05) is 30.3 Å². The number of fused-ring (bicyclic) bond motifs is 6. The van der Waals surface area contributed by atoms with Crippen molar-refractivity contribution in [2.75, 3.05) is 0 Å². The second-order valence-electron chi connectivity index (χ2n) is 11.8. The minimum atomic E-state index is 0.321. The molecule has 1 aliphatic carbocycles. The largest absolute Gasteiger partial charge is 0.456 e. The molecule has 0 amide bonds. The van der Waals surface area contributed by atoms with E-state index in [1.165, 1.54) is 54.6 Å². The Hall–Kier alpha value is -5.66. The van der Waals surface area contributed by atoms with E-state index < -0.39 is 0 Å². The second-order valence-corrected chi connectivity index (χ2v) is 11.8. The van der Waals surface area contributed by atoms with Crippen LogP contribution >= 0.6 is 0 Å². The maximum absolute atomic E-state index is 9.24. The lowest BCUT2D eigenvalue weighted by molar-refractivity contribution is 0.669. The van der Waals surface area contributed by atoms with E-state index in [2.05, 4.69) is 103 Å². The van der Waals surface area contributed by atoms with Crippen LogP contribution in [0.2, 0.25) is 0 Å². The first-order valence-corrected chi connectivity index (χ1v) is 15.2. The molecule has 1 nitrogen and oxygen atoms in total. The lowest BCUT2D eigenvalue weighted by atomic mass is 9.82. The fourth-order valence-corrected chi connectivity index (χ4v) is 7.51. The summed E-state index contributed by atoms with van der Waals surface area (Å²) in [5.41, 5.74) is 8.48. The van der Waals surface area contributed by atoms with Crippen molar-refractivity contribution in [3.63, 3.8) is 0 Å². The molecule has 0 atom stereocenters. The fraction of sp³-hybridized carbons (Fsp3) is 0.0233. The van der Waals surface area contributed by atoms with E-state index in [4.69, 9.17) is 5.79 Å². The molecule has 9 aromatic rings. The van der Waals surface area contributed by atoms with Crippen LogP contribution in [0.15, 0.2) is 144 Å². The Balaban J connectivity index is 1.30.